The molecule has 2 unspecified atom stereocenters. The second kappa shape index (κ2) is 5.44. The number of nitrogen functional groups attached to an aromatic ring is 1. The molecule has 1 aliphatic heterocycles. The van der Waals surface area contributed by atoms with Crippen molar-refractivity contribution in [3.05, 3.63) is 23.4 Å². The first-order chi connectivity index (χ1) is 8.24. The molecule has 1 aliphatic rings. The van der Waals surface area contributed by atoms with Gasteiger partial charge in [0.15, 0.2) is 0 Å². The van der Waals surface area contributed by atoms with Gasteiger partial charge in [0.25, 0.3) is 0 Å². The van der Waals surface area contributed by atoms with Gasteiger partial charge in [0, 0.05) is 11.8 Å². The summed E-state index contributed by atoms with van der Waals surface area (Å²) in [5, 5.41) is 3.24. The fraction of sp³-hybridized carbons (Fsp3) is 0.583. The zero-order valence-electron chi connectivity index (χ0n) is 10.3. The van der Waals surface area contributed by atoms with Gasteiger partial charge in [-0.2, -0.15) is 0 Å². The van der Waals surface area contributed by atoms with Crippen LogP contribution in [0.2, 0.25) is 0 Å². The number of hydrogen-bond acceptors (Lipinski definition) is 5. The van der Waals surface area contributed by atoms with Crippen LogP contribution in [0.5, 0.6) is 0 Å². The van der Waals surface area contributed by atoms with Crippen LogP contribution in [0, 0.1) is 6.92 Å². The highest BCUT2D eigenvalue weighted by atomic mass is 16.6. The van der Waals surface area contributed by atoms with Crippen molar-refractivity contribution >= 4 is 5.82 Å². The Hall–Kier alpha value is -1.17. The highest BCUT2D eigenvalue weighted by Gasteiger charge is 2.28. The van der Waals surface area contributed by atoms with E-state index >= 15 is 0 Å². The maximum Gasteiger partial charge on any atom is 0.128 e. The Morgan fingerprint density at radius 3 is 2.94 bits per heavy atom. The van der Waals surface area contributed by atoms with Crippen molar-refractivity contribution in [2.24, 2.45) is 0 Å². The molecule has 3 N–H and O–H groups in total. The van der Waals surface area contributed by atoms with Crippen molar-refractivity contribution in [1.82, 2.24) is 10.3 Å². The Morgan fingerprint density at radius 2 is 2.35 bits per heavy atom. The standard InChI is InChI=1S/C12H19N3O2/c1-8-3-4-15-12(13)10(8)11(14-2)9-7-16-5-6-17-9/h3-4,9,11,14H,5-7H2,1-2H3,(H2,13,15). The maximum atomic E-state index is 5.96. The van der Waals surface area contributed by atoms with Gasteiger partial charge in [-0.25, -0.2) is 4.98 Å². The van der Waals surface area contributed by atoms with E-state index in [-0.39, 0.29) is 12.1 Å². The molecule has 2 atom stereocenters. The maximum absolute atomic E-state index is 5.96. The van der Waals surface area contributed by atoms with Crippen molar-refractivity contribution in [1.29, 1.82) is 0 Å². The molecule has 0 aliphatic carbocycles. The molecule has 0 amide bonds. The van der Waals surface area contributed by atoms with Gasteiger partial charge in [-0.05, 0) is 25.6 Å². The molecule has 0 aromatic carbocycles. The van der Waals surface area contributed by atoms with Crippen LogP contribution in [-0.2, 0) is 9.47 Å². The Balaban J connectivity index is 2.27. The topological polar surface area (TPSA) is 69.4 Å². The smallest absolute Gasteiger partial charge is 0.128 e. The summed E-state index contributed by atoms with van der Waals surface area (Å²) in [4.78, 5) is 4.15. The van der Waals surface area contributed by atoms with Crippen LogP contribution in [-0.4, -0.2) is 38.0 Å². The molecule has 1 aromatic heterocycles. The third-order valence-corrected chi connectivity index (χ3v) is 3.07. The average molecular weight is 237 g/mol. The molecule has 0 spiro atoms. The van der Waals surface area contributed by atoms with Gasteiger partial charge < -0.3 is 20.5 Å². The number of pyridine rings is 1. The summed E-state index contributed by atoms with van der Waals surface area (Å²) < 4.78 is 11.2. The van der Waals surface area contributed by atoms with Gasteiger partial charge in [-0.3, -0.25) is 0 Å². The van der Waals surface area contributed by atoms with E-state index in [2.05, 4.69) is 10.3 Å². The van der Waals surface area contributed by atoms with E-state index in [1.165, 1.54) is 0 Å². The largest absolute Gasteiger partial charge is 0.383 e. The van der Waals surface area contributed by atoms with Crippen molar-refractivity contribution in [3.8, 4) is 0 Å². The molecule has 0 radical (unpaired) electrons. The highest BCUT2D eigenvalue weighted by Crippen LogP contribution is 2.27. The lowest BCUT2D eigenvalue weighted by Crippen LogP contribution is -2.40. The van der Waals surface area contributed by atoms with Gasteiger partial charge in [-0.15, -0.1) is 0 Å². The molecule has 1 fully saturated rings. The number of nitrogens with one attached hydrogen (secondary N) is 1. The predicted octanol–water partition coefficient (Wildman–Crippen LogP) is 0.648. The minimum absolute atomic E-state index is 0.0149. The molecule has 1 saturated heterocycles. The van der Waals surface area contributed by atoms with Crippen LogP contribution in [0.1, 0.15) is 17.2 Å². The molecule has 17 heavy (non-hydrogen) atoms. The van der Waals surface area contributed by atoms with Crippen molar-refractivity contribution < 1.29 is 9.47 Å². The molecule has 0 saturated carbocycles. The van der Waals surface area contributed by atoms with Gasteiger partial charge >= 0.3 is 0 Å². The summed E-state index contributed by atoms with van der Waals surface area (Å²) in [6.45, 7) is 3.90. The van der Waals surface area contributed by atoms with Gasteiger partial charge in [0.2, 0.25) is 0 Å². The fourth-order valence-corrected chi connectivity index (χ4v) is 2.21. The number of rotatable bonds is 3. The normalized spacial score (nSPS) is 22.4. The van der Waals surface area contributed by atoms with Crippen LogP contribution in [0.3, 0.4) is 0 Å². The fourth-order valence-electron chi connectivity index (χ4n) is 2.21. The monoisotopic (exact) mass is 237 g/mol. The number of hydrogen-bond donors (Lipinski definition) is 2. The molecule has 2 rings (SSSR count). The van der Waals surface area contributed by atoms with Crippen LogP contribution < -0.4 is 11.1 Å². The Morgan fingerprint density at radius 1 is 1.53 bits per heavy atom. The third kappa shape index (κ3) is 2.57. The second-order valence-corrected chi connectivity index (χ2v) is 4.18. The number of ether oxygens (including phenoxy) is 2. The zero-order valence-corrected chi connectivity index (χ0v) is 10.3. The predicted molar refractivity (Wildman–Crippen MR) is 65.7 cm³/mol. The number of aryl methyl sites for hydroxylation is 1. The first kappa shape index (κ1) is 12.3. The molecule has 2 heterocycles. The minimum Gasteiger partial charge on any atom is -0.383 e. The molecule has 5 heteroatoms. The van der Waals surface area contributed by atoms with E-state index in [9.17, 15) is 0 Å². The molecule has 94 valence electrons. The minimum atomic E-state index is -0.0149. The van der Waals surface area contributed by atoms with Crippen molar-refractivity contribution in [2.75, 3.05) is 32.6 Å². The average Bonchev–Trinajstić information content (AvgIpc) is 2.35. The number of nitrogens with two attached hydrogens (primary N) is 1. The number of nitrogens with zero attached hydrogens (tertiary/aromatic N) is 1. The summed E-state index contributed by atoms with van der Waals surface area (Å²) in [5.41, 5.74) is 8.08. The first-order valence-corrected chi connectivity index (χ1v) is 5.81. The summed E-state index contributed by atoms with van der Waals surface area (Å²) in [7, 11) is 1.90. The highest BCUT2D eigenvalue weighted by molar-refractivity contribution is 5.46. The Bertz CT molecular complexity index is 358. The van der Waals surface area contributed by atoms with Crippen LogP contribution in [0.15, 0.2) is 12.3 Å². The lowest BCUT2D eigenvalue weighted by Gasteiger charge is -2.31. The molecular formula is C12H19N3O2. The third-order valence-electron chi connectivity index (χ3n) is 3.07. The quantitative estimate of drug-likeness (QED) is 0.807. The van der Waals surface area contributed by atoms with E-state index in [1.807, 2.05) is 20.0 Å². The van der Waals surface area contributed by atoms with E-state index < -0.39 is 0 Å². The lowest BCUT2D eigenvalue weighted by atomic mass is 9.98. The molecule has 5 nitrogen and oxygen atoms in total. The van der Waals surface area contributed by atoms with Gasteiger partial charge in [0.1, 0.15) is 11.9 Å². The second-order valence-electron chi connectivity index (χ2n) is 4.18. The summed E-state index contributed by atoms with van der Waals surface area (Å²) in [6, 6.07) is 1.98. The summed E-state index contributed by atoms with van der Waals surface area (Å²) >= 11 is 0. The number of anilines is 1. The van der Waals surface area contributed by atoms with E-state index in [0.29, 0.717) is 25.6 Å². The molecule has 0 bridgehead atoms. The van der Waals surface area contributed by atoms with Crippen LogP contribution in [0.4, 0.5) is 5.82 Å². The van der Waals surface area contributed by atoms with Crippen molar-refractivity contribution in [3.63, 3.8) is 0 Å². The Labute approximate surface area is 101 Å². The SMILES string of the molecule is CNC(c1c(C)ccnc1N)C1COCCO1. The number of likely N-dealkylation sites (N-methyl/N-ethyl adjacent to an activating group) is 1. The van der Waals surface area contributed by atoms with E-state index in [0.717, 1.165) is 11.1 Å². The van der Waals surface area contributed by atoms with Crippen molar-refractivity contribution in [2.45, 2.75) is 19.1 Å². The van der Waals surface area contributed by atoms with Gasteiger partial charge in [-0.1, -0.05) is 0 Å². The first-order valence-electron chi connectivity index (χ1n) is 5.81. The van der Waals surface area contributed by atoms with Crippen LogP contribution in [0.25, 0.3) is 0 Å². The van der Waals surface area contributed by atoms with E-state index in [1.54, 1.807) is 6.20 Å². The molecule has 1 aromatic rings. The Kier molecular flexibility index (Phi) is 3.93. The lowest BCUT2D eigenvalue weighted by molar-refractivity contribution is -0.101. The number of aromatic nitrogens is 1. The van der Waals surface area contributed by atoms with E-state index in [4.69, 9.17) is 15.2 Å². The van der Waals surface area contributed by atoms with Crippen LogP contribution >= 0.6 is 0 Å². The zero-order chi connectivity index (χ0) is 12.3. The molecular weight excluding hydrogens is 218 g/mol. The summed E-state index contributed by atoms with van der Waals surface area (Å²) in [6.07, 6.45) is 1.71. The summed E-state index contributed by atoms with van der Waals surface area (Å²) in [5.74, 6) is 0.554. The van der Waals surface area contributed by atoms with Gasteiger partial charge in [0.05, 0.1) is 25.9 Å².